The Bertz CT molecular complexity index is 1230. The van der Waals surface area contributed by atoms with Crippen molar-refractivity contribution in [3.05, 3.63) is 101 Å². The number of nitrogens with zero attached hydrogens (tertiary/aromatic N) is 1. The van der Waals surface area contributed by atoms with E-state index in [1.165, 1.54) is 5.56 Å². The van der Waals surface area contributed by atoms with E-state index in [1.807, 2.05) is 54.6 Å². The Kier molecular flexibility index (Phi) is 10.4. The van der Waals surface area contributed by atoms with Crippen molar-refractivity contribution in [3.8, 4) is 0 Å². The lowest BCUT2D eigenvalue weighted by Crippen LogP contribution is -2.43. The van der Waals surface area contributed by atoms with Crippen LogP contribution in [0.3, 0.4) is 0 Å². The molecule has 40 heavy (non-hydrogen) atoms. The van der Waals surface area contributed by atoms with E-state index in [2.05, 4.69) is 36.3 Å². The van der Waals surface area contributed by atoms with Crippen molar-refractivity contribution >= 4 is 17.6 Å². The van der Waals surface area contributed by atoms with Crippen LogP contribution in [0.4, 0.5) is 5.69 Å². The van der Waals surface area contributed by atoms with Gasteiger partial charge in [0.15, 0.2) is 6.29 Å². The van der Waals surface area contributed by atoms with Gasteiger partial charge in [0, 0.05) is 43.1 Å². The number of hydrogen-bond donors (Lipinski definition) is 3. The fourth-order valence-corrected chi connectivity index (χ4v) is 4.94. The van der Waals surface area contributed by atoms with Crippen molar-refractivity contribution in [1.82, 2.24) is 4.90 Å². The van der Waals surface area contributed by atoms with Crippen LogP contribution in [0.15, 0.2) is 78.9 Å². The molecule has 3 aromatic rings. The SMILES string of the molecule is CC1C(CN(C)Cc2ccccc2)OC(c2ccc(NC(=O)CCCC(=O)O)cc2)OC1c1ccc(CO)cc1. The molecule has 1 amide bonds. The molecule has 3 N–H and O–H groups in total. The van der Waals surface area contributed by atoms with Crippen molar-refractivity contribution in [1.29, 1.82) is 0 Å². The molecule has 8 heteroatoms. The van der Waals surface area contributed by atoms with Crippen LogP contribution in [0.2, 0.25) is 0 Å². The molecule has 1 saturated heterocycles. The number of benzene rings is 3. The minimum atomic E-state index is -0.911. The van der Waals surface area contributed by atoms with E-state index in [0.717, 1.165) is 23.2 Å². The number of carboxylic acids is 1. The first-order valence-electron chi connectivity index (χ1n) is 13.7. The first-order chi connectivity index (χ1) is 19.3. The summed E-state index contributed by atoms with van der Waals surface area (Å²) in [5.74, 6) is -1.06. The van der Waals surface area contributed by atoms with E-state index in [9.17, 15) is 14.7 Å². The van der Waals surface area contributed by atoms with Gasteiger partial charge in [0.05, 0.1) is 18.8 Å². The van der Waals surface area contributed by atoms with E-state index in [0.29, 0.717) is 18.7 Å². The molecule has 3 aromatic carbocycles. The molecule has 0 bridgehead atoms. The van der Waals surface area contributed by atoms with Crippen LogP contribution in [-0.2, 0) is 32.2 Å². The third-order valence-electron chi connectivity index (χ3n) is 7.17. The highest BCUT2D eigenvalue weighted by molar-refractivity contribution is 5.90. The average molecular weight is 547 g/mol. The zero-order valence-corrected chi connectivity index (χ0v) is 23.0. The van der Waals surface area contributed by atoms with Crippen LogP contribution in [0, 0.1) is 5.92 Å². The van der Waals surface area contributed by atoms with E-state index >= 15 is 0 Å². The number of likely N-dealkylation sites (N-methyl/N-ethyl adjacent to an activating group) is 1. The average Bonchev–Trinajstić information content (AvgIpc) is 2.95. The quantitative estimate of drug-likeness (QED) is 0.283. The summed E-state index contributed by atoms with van der Waals surface area (Å²) >= 11 is 0. The molecule has 0 radical (unpaired) electrons. The van der Waals surface area contributed by atoms with Gasteiger partial charge in [-0.2, -0.15) is 0 Å². The van der Waals surface area contributed by atoms with Gasteiger partial charge in [0.2, 0.25) is 5.91 Å². The van der Waals surface area contributed by atoms with Crippen LogP contribution in [0.1, 0.15) is 60.8 Å². The van der Waals surface area contributed by atoms with E-state index in [1.54, 1.807) is 12.1 Å². The molecule has 1 aliphatic heterocycles. The molecule has 0 saturated carbocycles. The third kappa shape index (κ3) is 8.22. The Balaban J connectivity index is 1.48. The van der Waals surface area contributed by atoms with Crippen LogP contribution in [0.25, 0.3) is 0 Å². The molecular weight excluding hydrogens is 508 g/mol. The second-order valence-electron chi connectivity index (χ2n) is 10.4. The van der Waals surface area contributed by atoms with E-state index < -0.39 is 12.3 Å². The summed E-state index contributed by atoms with van der Waals surface area (Å²) in [7, 11) is 2.09. The molecule has 0 aliphatic carbocycles. The normalized spacial score (nSPS) is 20.8. The number of amides is 1. The highest BCUT2D eigenvalue weighted by Crippen LogP contribution is 2.42. The number of aliphatic carboxylic acids is 1. The molecule has 4 rings (SSSR count). The molecular formula is C32H38N2O6. The number of aliphatic hydroxyl groups excluding tert-OH is 1. The monoisotopic (exact) mass is 546 g/mol. The molecule has 1 heterocycles. The van der Waals surface area contributed by atoms with Crippen LogP contribution >= 0.6 is 0 Å². The Morgan fingerprint density at radius 2 is 1.55 bits per heavy atom. The Morgan fingerprint density at radius 1 is 0.875 bits per heavy atom. The van der Waals surface area contributed by atoms with Gasteiger partial charge in [0.1, 0.15) is 0 Å². The Hall–Kier alpha value is -3.56. The lowest BCUT2D eigenvalue weighted by molar-refractivity contribution is -0.276. The van der Waals surface area contributed by atoms with Crippen molar-refractivity contribution in [2.45, 2.75) is 57.8 Å². The molecule has 1 fully saturated rings. The predicted octanol–water partition coefficient (Wildman–Crippen LogP) is 5.30. The number of hydrogen-bond acceptors (Lipinski definition) is 6. The summed E-state index contributed by atoms with van der Waals surface area (Å²) in [6.45, 7) is 3.65. The second-order valence-corrected chi connectivity index (χ2v) is 10.4. The van der Waals surface area contributed by atoms with Gasteiger partial charge >= 0.3 is 5.97 Å². The maximum atomic E-state index is 12.2. The van der Waals surface area contributed by atoms with Gasteiger partial charge in [-0.1, -0.05) is 73.7 Å². The van der Waals surface area contributed by atoms with Gasteiger partial charge in [-0.05, 0) is 42.3 Å². The molecule has 4 atom stereocenters. The Labute approximate surface area is 235 Å². The molecule has 1 aliphatic rings. The Morgan fingerprint density at radius 3 is 2.20 bits per heavy atom. The summed E-state index contributed by atoms with van der Waals surface area (Å²) in [5.41, 5.74) is 4.57. The number of carbonyl (C=O) groups is 2. The standard InChI is InChI=1S/C32H38N2O6/c1-22-28(20-34(2)19-23-7-4-3-5-8-23)39-32(40-31(22)25-13-11-24(21-35)12-14-25)26-15-17-27(18-16-26)33-29(36)9-6-10-30(37)38/h3-5,7-8,11-18,22,28,31-32,35H,6,9-10,19-21H2,1-2H3,(H,33,36)(H,37,38). The summed E-state index contributed by atoms with van der Waals surface area (Å²) in [6.07, 6.45) is -0.516. The summed E-state index contributed by atoms with van der Waals surface area (Å²) in [6, 6.07) is 25.5. The van der Waals surface area contributed by atoms with Crippen molar-refractivity contribution < 1.29 is 29.3 Å². The molecule has 0 aromatic heterocycles. The maximum absolute atomic E-state index is 12.2. The zero-order chi connectivity index (χ0) is 28.5. The molecule has 8 nitrogen and oxygen atoms in total. The highest BCUT2D eigenvalue weighted by Gasteiger charge is 2.38. The molecule has 0 spiro atoms. The van der Waals surface area contributed by atoms with Gasteiger partial charge in [0.25, 0.3) is 0 Å². The fraction of sp³-hybridized carbons (Fsp3) is 0.375. The van der Waals surface area contributed by atoms with Crippen LogP contribution in [-0.4, -0.2) is 46.7 Å². The fourth-order valence-electron chi connectivity index (χ4n) is 4.94. The zero-order valence-electron chi connectivity index (χ0n) is 23.0. The lowest BCUT2D eigenvalue weighted by atomic mass is 9.90. The van der Waals surface area contributed by atoms with Crippen molar-refractivity contribution in [3.63, 3.8) is 0 Å². The maximum Gasteiger partial charge on any atom is 0.303 e. The minimum absolute atomic E-state index is 0.0115. The first kappa shape index (κ1) is 29.4. The first-order valence-corrected chi connectivity index (χ1v) is 13.7. The number of carbonyl (C=O) groups excluding carboxylic acids is 1. The smallest absolute Gasteiger partial charge is 0.303 e. The predicted molar refractivity (Wildman–Crippen MR) is 152 cm³/mol. The topological polar surface area (TPSA) is 108 Å². The van der Waals surface area contributed by atoms with Gasteiger partial charge in [-0.3, -0.25) is 14.5 Å². The molecule has 212 valence electrons. The summed E-state index contributed by atoms with van der Waals surface area (Å²) in [4.78, 5) is 25.1. The summed E-state index contributed by atoms with van der Waals surface area (Å²) < 4.78 is 13.1. The number of anilines is 1. The number of ether oxygens (including phenoxy) is 2. The summed E-state index contributed by atoms with van der Waals surface area (Å²) in [5, 5.41) is 21.1. The lowest BCUT2D eigenvalue weighted by Gasteiger charge is -2.42. The van der Waals surface area contributed by atoms with E-state index in [4.69, 9.17) is 14.6 Å². The third-order valence-corrected chi connectivity index (χ3v) is 7.17. The second kappa shape index (κ2) is 14.2. The van der Waals surface area contributed by atoms with Gasteiger partial charge < -0.3 is 25.0 Å². The number of rotatable bonds is 12. The number of nitrogens with one attached hydrogen (secondary N) is 1. The number of carboxylic acid groups (broad SMARTS) is 1. The van der Waals surface area contributed by atoms with Crippen molar-refractivity contribution in [2.75, 3.05) is 18.9 Å². The largest absolute Gasteiger partial charge is 0.481 e. The van der Waals surface area contributed by atoms with Gasteiger partial charge in [-0.25, -0.2) is 0 Å². The number of aliphatic hydroxyl groups is 1. The highest BCUT2D eigenvalue weighted by atomic mass is 16.7. The van der Waals surface area contributed by atoms with Crippen molar-refractivity contribution in [2.24, 2.45) is 5.92 Å². The van der Waals surface area contributed by atoms with Crippen LogP contribution < -0.4 is 5.32 Å². The minimum Gasteiger partial charge on any atom is -0.481 e. The van der Waals surface area contributed by atoms with Crippen LogP contribution in [0.5, 0.6) is 0 Å². The van der Waals surface area contributed by atoms with Gasteiger partial charge in [-0.15, -0.1) is 0 Å². The molecule has 4 unspecified atom stereocenters. The van der Waals surface area contributed by atoms with E-state index in [-0.39, 0.29) is 43.5 Å².